The van der Waals surface area contributed by atoms with Crippen LogP contribution in [0.25, 0.3) is 0 Å². The second kappa shape index (κ2) is 6.19. The molecule has 0 bridgehead atoms. The fourth-order valence-electron chi connectivity index (χ4n) is 1.05. The Labute approximate surface area is 92.2 Å². The Balaban J connectivity index is 2.15. The van der Waals surface area contributed by atoms with Crippen molar-refractivity contribution in [2.75, 3.05) is 13.7 Å². The second-order valence-corrected chi connectivity index (χ2v) is 3.96. The molecular formula is C10H13NO3S. The highest BCUT2D eigenvalue weighted by molar-refractivity contribution is 7.09. The number of ether oxygens (including phenoxy) is 1. The summed E-state index contributed by atoms with van der Waals surface area (Å²) in [7, 11) is 1.27. The molecule has 0 aliphatic carbocycles. The lowest BCUT2D eigenvalue weighted by Crippen LogP contribution is -2.27. The fraction of sp³-hybridized carbons (Fsp3) is 0.400. The minimum atomic E-state index is -0.511. The summed E-state index contributed by atoms with van der Waals surface area (Å²) in [6, 6.07) is 3.98. The van der Waals surface area contributed by atoms with Crippen LogP contribution >= 0.6 is 11.3 Å². The van der Waals surface area contributed by atoms with Gasteiger partial charge in [0.25, 0.3) is 0 Å². The average molecular weight is 227 g/mol. The lowest BCUT2D eigenvalue weighted by atomic mass is 10.3. The molecule has 0 aromatic carbocycles. The summed E-state index contributed by atoms with van der Waals surface area (Å²) in [4.78, 5) is 23.1. The third-order valence-corrected chi connectivity index (χ3v) is 2.74. The maximum atomic E-state index is 11.1. The number of esters is 1. The minimum Gasteiger partial charge on any atom is -0.469 e. The van der Waals surface area contributed by atoms with E-state index in [0.717, 1.165) is 6.42 Å². The molecule has 0 saturated heterocycles. The molecule has 1 N–H and O–H groups in total. The summed E-state index contributed by atoms with van der Waals surface area (Å²) >= 11 is 1.65. The molecule has 82 valence electrons. The summed E-state index contributed by atoms with van der Waals surface area (Å²) in [5, 5.41) is 4.64. The largest absolute Gasteiger partial charge is 0.469 e. The van der Waals surface area contributed by atoms with Gasteiger partial charge >= 0.3 is 5.97 Å². The van der Waals surface area contributed by atoms with Crippen molar-refractivity contribution in [2.24, 2.45) is 0 Å². The molecule has 1 amide bonds. The quantitative estimate of drug-likeness (QED) is 0.602. The van der Waals surface area contributed by atoms with Gasteiger partial charge in [0.1, 0.15) is 6.42 Å². The summed E-state index contributed by atoms with van der Waals surface area (Å²) in [6.07, 6.45) is 0.589. The van der Waals surface area contributed by atoms with Crippen LogP contribution in [-0.4, -0.2) is 25.5 Å². The molecule has 15 heavy (non-hydrogen) atoms. The number of methoxy groups -OCH3 is 1. The van der Waals surface area contributed by atoms with Crippen LogP contribution in [0.5, 0.6) is 0 Å². The standard InChI is InChI=1S/C10H13NO3S/c1-14-10(13)7-9(12)11-5-4-8-3-2-6-15-8/h2-3,6H,4-5,7H2,1H3,(H,11,12). The Morgan fingerprint density at radius 1 is 1.53 bits per heavy atom. The minimum absolute atomic E-state index is 0.207. The molecule has 1 rings (SSSR count). The molecule has 0 fully saturated rings. The van der Waals surface area contributed by atoms with Crippen molar-refractivity contribution in [2.45, 2.75) is 12.8 Å². The van der Waals surface area contributed by atoms with Gasteiger partial charge in [-0.05, 0) is 17.9 Å². The van der Waals surface area contributed by atoms with Crippen molar-refractivity contribution >= 4 is 23.2 Å². The summed E-state index contributed by atoms with van der Waals surface area (Å²) in [6.45, 7) is 0.552. The fourth-order valence-corrected chi connectivity index (χ4v) is 1.75. The van der Waals surface area contributed by atoms with E-state index in [-0.39, 0.29) is 12.3 Å². The second-order valence-electron chi connectivity index (χ2n) is 2.93. The van der Waals surface area contributed by atoms with E-state index in [1.165, 1.54) is 12.0 Å². The van der Waals surface area contributed by atoms with Crippen LogP contribution in [0.4, 0.5) is 0 Å². The van der Waals surface area contributed by atoms with Crippen LogP contribution in [0.1, 0.15) is 11.3 Å². The Morgan fingerprint density at radius 3 is 2.93 bits per heavy atom. The van der Waals surface area contributed by atoms with Gasteiger partial charge in [-0.25, -0.2) is 0 Å². The number of thiophene rings is 1. The molecule has 5 heteroatoms. The van der Waals surface area contributed by atoms with Crippen LogP contribution < -0.4 is 5.32 Å². The number of carbonyl (C=O) groups excluding carboxylic acids is 2. The monoisotopic (exact) mass is 227 g/mol. The summed E-state index contributed by atoms with van der Waals surface area (Å²) in [5.41, 5.74) is 0. The molecule has 4 nitrogen and oxygen atoms in total. The Bertz CT molecular complexity index is 321. The highest BCUT2D eigenvalue weighted by Crippen LogP contribution is 2.07. The molecule has 0 aliphatic heterocycles. The number of hydrogen-bond acceptors (Lipinski definition) is 4. The van der Waals surface area contributed by atoms with Gasteiger partial charge in [-0.3, -0.25) is 9.59 Å². The Hall–Kier alpha value is -1.36. The molecule has 1 heterocycles. The normalized spacial score (nSPS) is 9.67. The van der Waals surface area contributed by atoms with E-state index in [9.17, 15) is 9.59 Å². The van der Waals surface area contributed by atoms with E-state index in [2.05, 4.69) is 10.1 Å². The number of rotatable bonds is 5. The number of nitrogens with one attached hydrogen (secondary N) is 1. The van der Waals surface area contributed by atoms with Crippen molar-refractivity contribution in [3.05, 3.63) is 22.4 Å². The highest BCUT2D eigenvalue weighted by atomic mass is 32.1. The summed E-state index contributed by atoms with van der Waals surface area (Å²) < 4.78 is 4.38. The van der Waals surface area contributed by atoms with E-state index in [1.807, 2.05) is 17.5 Å². The van der Waals surface area contributed by atoms with Gasteiger partial charge in [-0.2, -0.15) is 0 Å². The van der Waals surface area contributed by atoms with Gasteiger partial charge in [0, 0.05) is 11.4 Å². The molecule has 0 unspecified atom stereocenters. The van der Waals surface area contributed by atoms with Gasteiger partial charge in [-0.1, -0.05) is 6.07 Å². The highest BCUT2D eigenvalue weighted by Gasteiger charge is 2.08. The SMILES string of the molecule is COC(=O)CC(=O)NCCc1cccs1. The van der Waals surface area contributed by atoms with Crippen molar-refractivity contribution in [1.82, 2.24) is 5.32 Å². The van der Waals surface area contributed by atoms with Gasteiger partial charge in [0.2, 0.25) is 5.91 Å². The zero-order valence-electron chi connectivity index (χ0n) is 8.49. The Kier molecular flexibility index (Phi) is 4.83. The molecule has 1 aromatic heterocycles. The van der Waals surface area contributed by atoms with E-state index in [0.29, 0.717) is 6.54 Å². The zero-order chi connectivity index (χ0) is 11.1. The van der Waals surface area contributed by atoms with Gasteiger partial charge in [0.05, 0.1) is 7.11 Å². The van der Waals surface area contributed by atoms with Crippen LogP contribution in [0, 0.1) is 0 Å². The third-order valence-electron chi connectivity index (χ3n) is 1.81. The van der Waals surface area contributed by atoms with Crippen LogP contribution in [0.3, 0.4) is 0 Å². The first-order valence-corrected chi connectivity index (χ1v) is 5.46. The predicted octanol–water partition coefficient (Wildman–Crippen LogP) is 0.970. The van der Waals surface area contributed by atoms with Crippen molar-refractivity contribution in [3.8, 4) is 0 Å². The van der Waals surface area contributed by atoms with Crippen LogP contribution in [0.15, 0.2) is 17.5 Å². The molecule has 1 aromatic rings. The van der Waals surface area contributed by atoms with E-state index >= 15 is 0 Å². The van der Waals surface area contributed by atoms with Crippen molar-refractivity contribution in [1.29, 1.82) is 0 Å². The first-order valence-electron chi connectivity index (χ1n) is 4.58. The van der Waals surface area contributed by atoms with Gasteiger partial charge < -0.3 is 10.1 Å². The zero-order valence-corrected chi connectivity index (χ0v) is 9.30. The van der Waals surface area contributed by atoms with Crippen LogP contribution in [0.2, 0.25) is 0 Å². The third kappa shape index (κ3) is 4.60. The first kappa shape index (κ1) is 11.7. The maximum Gasteiger partial charge on any atom is 0.315 e. The average Bonchev–Trinajstić information content (AvgIpc) is 2.70. The number of hydrogen-bond donors (Lipinski definition) is 1. The molecule has 0 radical (unpaired) electrons. The number of carbonyl (C=O) groups is 2. The van der Waals surface area contributed by atoms with E-state index in [1.54, 1.807) is 11.3 Å². The van der Waals surface area contributed by atoms with Gasteiger partial charge in [-0.15, -0.1) is 11.3 Å². The lowest BCUT2D eigenvalue weighted by Gasteiger charge is -2.02. The van der Waals surface area contributed by atoms with Crippen LogP contribution in [-0.2, 0) is 20.7 Å². The molecule has 0 atom stereocenters. The number of amides is 1. The molecule has 0 spiro atoms. The first-order chi connectivity index (χ1) is 7.22. The molecule has 0 aliphatic rings. The lowest BCUT2D eigenvalue weighted by molar-refractivity contribution is -0.143. The van der Waals surface area contributed by atoms with E-state index in [4.69, 9.17) is 0 Å². The molecule has 0 saturated carbocycles. The van der Waals surface area contributed by atoms with Crippen molar-refractivity contribution in [3.63, 3.8) is 0 Å². The topological polar surface area (TPSA) is 55.4 Å². The smallest absolute Gasteiger partial charge is 0.315 e. The predicted molar refractivity (Wildman–Crippen MR) is 57.7 cm³/mol. The van der Waals surface area contributed by atoms with Crippen molar-refractivity contribution < 1.29 is 14.3 Å². The Morgan fingerprint density at radius 2 is 2.33 bits per heavy atom. The molecular weight excluding hydrogens is 214 g/mol. The maximum absolute atomic E-state index is 11.1. The van der Waals surface area contributed by atoms with E-state index < -0.39 is 5.97 Å². The summed E-state index contributed by atoms with van der Waals surface area (Å²) in [5.74, 6) is -0.804. The van der Waals surface area contributed by atoms with Gasteiger partial charge in [0.15, 0.2) is 0 Å².